The van der Waals surface area contributed by atoms with Crippen LogP contribution in [0.2, 0.25) is 10.0 Å². The van der Waals surface area contributed by atoms with Crippen molar-refractivity contribution < 1.29 is 27.8 Å². The minimum absolute atomic E-state index is 0.0189. The number of rotatable bonds is 6. The maximum atomic E-state index is 13.3. The maximum Gasteiger partial charge on any atom is 0.416 e. The molecule has 0 saturated carbocycles. The van der Waals surface area contributed by atoms with Gasteiger partial charge in [0.15, 0.2) is 0 Å². The number of carbonyl (C=O) groups is 1. The van der Waals surface area contributed by atoms with E-state index >= 15 is 0 Å². The predicted molar refractivity (Wildman–Crippen MR) is 161 cm³/mol. The van der Waals surface area contributed by atoms with Crippen molar-refractivity contribution in [3.63, 3.8) is 0 Å². The van der Waals surface area contributed by atoms with Gasteiger partial charge >= 0.3 is 12.3 Å². The molecule has 0 radical (unpaired) electrons. The minimum atomic E-state index is -4.59. The number of pyridine rings is 1. The number of carboxylic acid groups (broad SMARTS) is 1. The van der Waals surface area contributed by atoms with Gasteiger partial charge in [-0.25, -0.2) is 4.79 Å². The Balaban J connectivity index is 0.000000458. The van der Waals surface area contributed by atoms with Gasteiger partial charge in [-0.05, 0) is 60.5 Å². The second kappa shape index (κ2) is 13.8. The average Bonchev–Trinajstić information content (AvgIpc) is 3.39. The number of nitrogens with zero attached hydrogens (tertiary/aromatic N) is 4. The summed E-state index contributed by atoms with van der Waals surface area (Å²) >= 11 is 12.1. The van der Waals surface area contributed by atoms with Gasteiger partial charge in [-0.3, -0.25) is 9.89 Å². The monoisotopic (exact) mass is 629 g/mol. The SMILES string of the molecule is CCOc1cc(C(F)(F)F)ccc1C1=NC(c2ccc(Cl)cc2)C(c2ccc(Cl)cc2)N1C(=O)O.C[N-]c1ccccn1. The molecule has 0 aliphatic carbocycles. The molecule has 5 rings (SSSR count). The van der Waals surface area contributed by atoms with Gasteiger partial charge in [0.05, 0.1) is 23.8 Å². The number of ether oxygens (including phenoxy) is 1. The third-order valence-corrected chi connectivity index (χ3v) is 6.93. The van der Waals surface area contributed by atoms with Gasteiger partial charge < -0.3 is 20.1 Å². The van der Waals surface area contributed by atoms with Crippen LogP contribution in [0.15, 0.2) is 96.1 Å². The summed E-state index contributed by atoms with van der Waals surface area (Å²) in [5.74, 6) is 0.654. The van der Waals surface area contributed by atoms with Gasteiger partial charge in [0.25, 0.3) is 0 Å². The van der Waals surface area contributed by atoms with E-state index in [4.69, 9.17) is 32.9 Å². The largest absolute Gasteiger partial charge is 0.493 e. The Morgan fingerprint density at radius 1 is 0.977 bits per heavy atom. The van der Waals surface area contributed by atoms with Crippen molar-refractivity contribution in [3.05, 3.63) is 129 Å². The third kappa shape index (κ3) is 7.57. The summed E-state index contributed by atoms with van der Waals surface area (Å²) < 4.78 is 45.5. The normalized spacial score (nSPS) is 16.2. The first kappa shape index (κ1) is 31.7. The molecule has 0 spiro atoms. The molecule has 1 aromatic heterocycles. The highest BCUT2D eigenvalue weighted by Gasteiger charge is 2.43. The molecular formula is C31H26Cl2F3N4O3-. The lowest BCUT2D eigenvalue weighted by Crippen LogP contribution is -2.37. The van der Waals surface area contributed by atoms with E-state index in [9.17, 15) is 23.1 Å². The number of aliphatic imine (C=N–C) groups is 1. The van der Waals surface area contributed by atoms with Crippen molar-refractivity contribution in [3.8, 4) is 5.75 Å². The van der Waals surface area contributed by atoms with Crippen LogP contribution in [0.25, 0.3) is 5.32 Å². The number of alkyl halides is 3. The molecule has 7 nitrogen and oxygen atoms in total. The zero-order chi connectivity index (χ0) is 31.1. The number of halogens is 5. The molecule has 12 heteroatoms. The second-order valence-electron chi connectivity index (χ2n) is 9.15. The standard InChI is InChI=1S/C25H19Cl2F3N2O3.C6H7N2/c1-2-35-20-13-16(25(28,29)30)7-12-19(20)23-31-21(14-3-8-17(26)9-4-14)22(32(23)24(33)34)15-5-10-18(27)11-6-15;1-7-6-4-2-3-5-8-6/h3-13,21-22H,2H2,1H3,(H,33,34);2-5H,1H3/q;-1. The Labute approximate surface area is 256 Å². The van der Waals surface area contributed by atoms with E-state index < -0.39 is 29.9 Å². The summed E-state index contributed by atoms with van der Waals surface area (Å²) in [5, 5.41) is 15.0. The zero-order valence-corrected chi connectivity index (χ0v) is 24.5. The Kier molecular flexibility index (Phi) is 10.2. The summed E-state index contributed by atoms with van der Waals surface area (Å²) in [6, 6.07) is 20.5. The van der Waals surface area contributed by atoms with Gasteiger partial charge in [0.2, 0.25) is 0 Å². The lowest BCUT2D eigenvalue weighted by Gasteiger charge is -2.27. The van der Waals surface area contributed by atoms with Crippen LogP contribution in [0.5, 0.6) is 5.75 Å². The predicted octanol–water partition coefficient (Wildman–Crippen LogP) is 9.35. The van der Waals surface area contributed by atoms with E-state index in [0.29, 0.717) is 21.2 Å². The number of aromatic nitrogens is 1. The van der Waals surface area contributed by atoms with E-state index in [1.807, 2.05) is 18.2 Å². The topological polar surface area (TPSA) is 89.1 Å². The molecule has 1 amide bonds. The quantitative estimate of drug-likeness (QED) is 0.230. The van der Waals surface area contributed by atoms with Crippen LogP contribution in [0.4, 0.5) is 23.8 Å². The highest BCUT2D eigenvalue weighted by molar-refractivity contribution is 6.30. The van der Waals surface area contributed by atoms with Gasteiger partial charge in [-0.15, -0.1) is 0 Å². The third-order valence-electron chi connectivity index (χ3n) is 6.42. The van der Waals surface area contributed by atoms with Gasteiger partial charge in [0, 0.05) is 10.0 Å². The van der Waals surface area contributed by atoms with Crippen molar-refractivity contribution in [2.24, 2.45) is 4.99 Å². The zero-order valence-electron chi connectivity index (χ0n) is 23.0. The van der Waals surface area contributed by atoms with Crippen molar-refractivity contribution in [1.82, 2.24) is 9.88 Å². The Hall–Kier alpha value is -4.28. The van der Waals surface area contributed by atoms with E-state index in [2.05, 4.69) is 10.3 Å². The van der Waals surface area contributed by atoms with Crippen molar-refractivity contribution in [2.45, 2.75) is 25.2 Å². The van der Waals surface area contributed by atoms with E-state index in [-0.39, 0.29) is 23.8 Å². The molecule has 0 bridgehead atoms. The summed E-state index contributed by atoms with van der Waals surface area (Å²) in [5.41, 5.74) is 0.521. The highest BCUT2D eigenvalue weighted by atomic mass is 35.5. The van der Waals surface area contributed by atoms with Crippen LogP contribution < -0.4 is 4.74 Å². The molecule has 1 N–H and O–H groups in total. The number of benzene rings is 3. The Bertz CT molecular complexity index is 1570. The minimum Gasteiger partial charge on any atom is -0.493 e. The van der Waals surface area contributed by atoms with E-state index in [0.717, 1.165) is 22.9 Å². The van der Waals surface area contributed by atoms with Gasteiger partial charge in [0.1, 0.15) is 17.6 Å². The van der Waals surface area contributed by atoms with Crippen LogP contribution in [0.1, 0.15) is 41.3 Å². The first-order valence-electron chi connectivity index (χ1n) is 13.0. The van der Waals surface area contributed by atoms with Crippen LogP contribution in [-0.2, 0) is 6.18 Å². The number of hydrogen-bond donors (Lipinski definition) is 1. The lowest BCUT2D eigenvalue weighted by molar-refractivity contribution is -0.137. The highest BCUT2D eigenvalue weighted by Crippen LogP contribution is 2.45. The van der Waals surface area contributed by atoms with E-state index in [1.165, 1.54) is 6.07 Å². The summed E-state index contributed by atoms with van der Waals surface area (Å²) in [6.45, 7) is 1.71. The van der Waals surface area contributed by atoms with Crippen molar-refractivity contribution in [1.29, 1.82) is 0 Å². The van der Waals surface area contributed by atoms with Crippen LogP contribution >= 0.6 is 23.2 Å². The smallest absolute Gasteiger partial charge is 0.416 e. The molecule has 4 aromatic rings. The fourth-order valence-corrected chi connectivity index (χ4v) is 4.75. The molecule has 3 aromatic carbocycles. The molecule has 43 heavy (non-hydrogen) atoms. The van der Waals surface area contributed by atoms with Crippen LogP contribution in [0, 0.1) is 0 Å². The first-order chi connectivity index (χ1) is 20.5. The van der Waals surface area contributed by atoms with Crippen LogP contribution in [0.3, 0.4) is 0 Å². The molecule has 0 saturated heterocycles. The molecule has 1 aliphatic heterocycles. The second-order valence-corrected chi connectivity index (χ2v) is 10.0. The summed E-state index contributed by atoms with van der Waals surface area (Å²) in [4.78, 5) is 22.2. The molecule has 224 valence electrons. The molecule has 0 fully saturated rings. The average molecular weight is 630 g/mol. The molecule has 2 atom stereocenters. The van der Waals surface area contributed by atoms with Gasteiger partial charge in [-0.1, -0.05) is 84.7 Å². The number of hydrogen-bond acceptors (Lipinski definition) is 4. The molecule has 1 aliphatic rings. The fourth-order valence-electron chi connectivity index (χ4n) is 4.50. The van der Waals surface area contributed by atoms with Crippen molar-refractivity contribution >= 4 is 40.9 Å². The van der Waals surface area contributed by atoms with E-state index in [1.54, 1.807) is 68.7 Å². The fraction of sp³-hybridized carbons (Fsp3) is 0.194. The first-order valence-corrected chi connectivity index (χ1v) is 13.7. The van der Waals surface area contributed by atoms with Gasteiger partial charge in [-0.2, -0.15) is 13.2 Å². The Morgan fingerprint density at radius 3 is 2.09 bits per heavy atom. The van der Waals surface area contributed by atoms with Crippen LogP contribution in [-0.4, -0.2) is 40.6 Å². The van der Waals surface area contributed by atoms with Crippen molar-refractivity contribution in [2.75, 3.05) is 13.7 Å². The lowest BCUT2D eigenvalue weighted by atomic mass is 9.94. The molecule has 2 heterocycles. The molecular weight excluding hydrogens is 604 g/mol. The maximum absolute atomic E-state index is 13.3. The summed E-state index contributed by atoms with van der Waals surface area (Å²) in [6.07, 6.45) is -4.18. The molecule has 2 unspecified atom stereocenters. The number of amidine groups is 1. The number of amides is 1. The summed E-state index contributed by atoms with van der Waals surface area (Å²) in [7, 11) is 1.72. The Morgan fingerprint density at radius 2 is 1.60 bits per heavy atom.